The Kier molecular flexibility index (Phi) is 5.51. The van der Waals surface area contributed by atoms with Gasteiger partial charge in [-0.25, -0.2) is 0 Å². The molecule has 21 heavy (non-hydrogen) atoms. The third-order valence-electron chi connectivity index (χ3n) is 3.22. The zero-order chi connectivity index (χ0) is 15.3. The maximum Gasteiger partial charge on any atom is 0.166 e. The summed E-state index contributed by atoms with van der Waals surface area (Å²) in [4.78, 5) is 0. The second-order valence-electron chi connectivity index (χ2n) is 5.57. The van der Waals surface area contributed by atoms with Crippen molar-refractivity contribution in [2.24, 2.45) is 5.41 Å². The van der Waals surface area contributed by atoms with E-state index in [1.807, 2.05) is 18.2 Å². The van der Waals surface area contributed by atoms with E-state index in [-0.39, 0.29) is 11.7 Å². The summed E-state index contributed by atoms with van der Waals surface area (Å²) >= 11 is 6.02. The summed E-state index contributed by atoms with van der Waals surface area (Å²) in [5, 5.41) is 0.653. The number of hydrogen-bond donors (Lipinski definition) is 0. The third-order valence-corrected chi connectivity index (χ3v) is 3.45. The van der Waals surface area contributed by atoms with E-state index in [2.05, 4.69) is 13.8 Å². The van der Waals surface area contributed by atoms with Gasteiger partial charge in [0.25, 0.3) is 0 Å². The second-order valence-corrected chi connectivity index (χ2v) is 6.01. The normalized spacial score (nSPS) is 16.6. The molecule has 0 N–H and O–H groups in total. The summed E-state index contributed by atoms with van der Waals surface area (Å²) in [6.07, 6.45) is 3.17. The Morgan fingerprint density at radius 1 is 1.33 bits per heavy atom. The van der Waals surface area contributed by atoms with Gasteiger partial charge >= 0.3 is 0 Å². The van der Waals surface area contributed by atoms with E-state index in [1.54, 1.807) is 19.4 Å². The van der Waals surface area contributed by atoms with Crippen LogP contribution in [0.2, 0.25) is 5.02 Å². The molecule has 1 saturated heterocycles. The molecule has 2 rings (SSSR count). The lowest BCUT2D eigenvalue weighted by molar-refractivity contribution is -0.131. The van der Waals surface area contributed by atoms with Crippen LogP contribution < -0.4 is 4.74 Å². The minimum Gasteiger partial charge on any atom is -0.504 e. The van der Waals surface area contributed by atoms with E-state index in [0.717, 1.165) is 11.3 Å². The van der Waals surface area contributed by atoms with Crippen LogP contribution in [0.3, 0.4) is 0 Å². The quantitative estimate of drug-likeness (QED) is 0.750. The molecule has 0 unspecified atom stereocenters. The molecule has 1 aliphatic rings. The van der Waals surface area contributed by atoms with E-state index in [0.29, 0.717) is 24.8 Å². The summed E-state index contributed by atoms with van der Waals surface area (Å²) in [6.45, 7) is 5.87. The Labute approximate surface area is 130 Å². The van der Waals surface area contributed by atoms with Gasteiger partial charge in [0, 0.05) is 16.0 Å². The summed E-state index contributed by atoms with van der Waals surface area (Å²) in [5.41, 5.74) is 0.631. The van der Waals surface area contributed by atoms with Gasteiger partial charge in [0.15, 0.2) is 6.29 Å². The average molecular weight is 313 g/mol. The fourth-order valence-corrected chi connectivity index (χ4v) is 2.24. The topological polar surface area (TPSA) is 36.9 Å². The van der Waals surface area contributed by atoms with Crippen LogP contribution in [0.15, 0.2) is 24.5 Å². The van der Waals surface area contributed by atoms with Gasteiger partial charge in [0.1, 0.15) is 5.75 Å². The molecule has 0 bridgehead atoms. The highest BCUT2D eigenvalue weighted by atomic mass is 35.5. The zero-order valence-corrected chi connectivity index (χ0v) is 13.4. The van der Waals surface area contributed by atoms with Crippen molar-refractivity contribution in [3.63, 3.8) is 0 Å². The largest absolute Gasteiger partial charge is 0.504 e. The molecule has 5 heteroatoms. The molecule has 1 aliphatic heterocycles. The van der Waals surface area contributed by atoms with Crippen molar-refractivity contribution in [2.45, 2.75) is 20.1 Å². The first kappa shape index (κ1) is 16.1. The number of benzene rings is 1. The second kappa shape index (κ2) is 7.16. The highest BCUT2D eigenvalue weighted by Gasteiger charge is 2.35. The van der Waals surface area contributed by atoms with E-state index < -0.39 is 0 Å². The maximum atomic E-state index is 6.02. The van der Waals surface area contributed by atoms with Crippen molar-refractivity contribution in [2.75, 3.05) is 26.9 Å². The molecular weight excluding hydrogens is 292 g/mol. The van der Waals surface area contributed by atoms with Crippen LogP contribution in [0, 0.1) is 5.41 Å². The highest BCUT2D eigenvalue weighted by Crippen LogP contribution is 2.30. The maximum absolute atomic E-state index is 6.02. The number of hydrogen-bond acceptors (Lipinski definition) is 4. The molecular formula is C16H21ClO4. The molecule has 0 amide bonds. The summed E-state index contributed by atoms with van der Waals surface area (Å²) in [5.74, 6) is 0.749. The third kappa shape index (κ3) is 4.37. The van der Waals surface area contributed by atoms with Crippen molar-refractivity contribution in [1.82, 2.24) is 0 Å². The molecule has 1 fully saturated rings. The van der Waals surface area contributed by atoms with Crippen molar-refractivity contribution < 1.29 is 18.9 Å². The molecule has 1 heterocycles. The number of rotatable bonds is 6. The molecule has 0 radical (unpaired) electrons. The van der Waals surface area contributed by atoms with Crippen molar-refractivity contribution in [1.29, 1.82) is 0 Å². The highest BCUT2D eigenvalue weighted by molar-refractivity contribution is 6.30. The lowest BCUT2D eigenvalue weighted by Crippen LogP contribution is -2.35. The summed E-state index contributed by atoms with van der Waals surface area (Å²) in [6, 6.07) is 5.49. The van der Waals surface area contributed by atoms with Crippen LogP contribution in [-0.2, 0) is 14.2 Å². The van der Waals surface area contributed by atoms with Crippen LogP contribution >= 0.6 is 11.6 Å². The van der Waals surface area contributed by atoms with Gasteiger partial charge < -0.3 is 18.9 Å². The zero-order valence-electron chi connectivity index (χ0n) is 12.6. The Morgan fingerprint density at radius 3 is 2.71 bits per heavy atom. The Balaban J connectivity index is 2.06. The molecule has 1 aromatic rings. The Hall–Kier alpha value is -1.23. The monoisotopic (exact) mass is 312 g/mol. The Morgan fingerprint density at radius 2 is 2.05 bits per heavy atom. The van der Waals surface area contributed by atoms with Gasteiger partial charge in [-0.3, -0.25) is 0 Å². The first-order valence-electron chi connectivity index (χ1n) is 6.88. The van der Waals surface area contributed by atoms with Crippen molar-refractivity contribution in [3.05, 3.63) is 35.0 Å². The minimum atomic E-state index is -0.238. The van der Waals surface area contributed by atoms with Crippen LogP contribution in [0.4, 0.5) is 0 Å². The SMILES string of the molecule is CO/C=C/c1cc(Cl)ccc1OCC(C)(C)C1OCCO1. The van der Waals surface area contributed by atoms with Crippen molar-refractivity contribution in [3.8, 4) is 5.75 Å². The van der Waals surface area contributed by atoms with E-state index in [4.69, 9.17) is 30.5 Å². The van der Waals surface area contributed by atoms with Crippen molar-refractivity contribution >= 4 is 17.7 Å². The van der Waals surface area contributed by atoms with Crippen LogP contribution in [0.25, 0.3) is 6.08 Å². The molecule has 1 aromatic carbocycles. The molecule has 116 valence electrons. The number of ether oxygens (including phenoxy) is 4. The fraction of sp³-hybridized carbons (Fsp3) is 0.500. The smallest absolute Gasteiger partial charge is 0.166 e. The first-order chi connectivity index (χ1) is 10.0. The molecule has 0 saturated carbocycles. The van der Waals surface area contributed by atoms with E-state index in [1.165, 1.54) is 0 Å². The predicted molar refractivity (Wildman–Crippen MR) is 82.5 cm³/mol. The first-order valence-corrected chi connectivity index (χ1v) is 7.25. The van der Waals surface area contributed by atoms with E-state index >= 15 is 0 Å². The van der Waals surface area contributed by atoms with Gasteiger partial charge in [-0.1, -0.05) is 25.4 Å². The predicted octanol–water partition coefficient (Wildman–Crippen LogP) is 3.74. The molecule has 0 spiro atoms. The summed E-state index contributed by atoms with van der Waals surface area (Å²) in [7, 11) is 1.60. The van der Waals surface area contributed by atoms with Crippen LogP contribution in [-0.4, -0.2) is 33.2 Å². The minimum absolute atomic E-state index is 0.234. The Bertz CT molecular complexity index is 493. The standard InChI is InChI=1S/C16H21ClO4/c1-16(2,15-19-8-9-20-15)11-21-14-5-4-13(17)10-12(14)6-7-18-3/h4-7,10,15H,8-9,11H2,1-3H3/b7-6+. The van der Waals surface area contributed by atoms with Gasteiger partial charge in [-0.2, -0.15) is 0 Å². The molecule has 4 nitrogen and oxygen atoms in total. The number of halogens is 1. The molecule has 0 aliphatic carbocycles. The van der Waals surface area contributed by atoms with Gasteiger partial charge in [0.05, 0.1) is 33.2 Å². The average Bonchev–Trinajstić information content (AvgIpc) is 2.99. The van der Waals surface area contributed by atoms with Gasteiger partial charge in [0.2, 0.25) is 0 Å². The summed E-state index contributed by atoms with van der Waals surface area (Å²) < 4.78 is 22.0. The van der Waals surface area contributed by atoms with E-state index in [9.17, 15) is 0 Å². The molecule has 0 atom stereocenters. The van der Waals surface area contributed by atoms with Crippen LogP contribution in [0.1, 0.15) is 19.4 Å². The van der Waals surface area contributed by atoms with Gasteiger partial charge in [-0.15, -0.1) is 0 Å². The lowest BCUT2D eigenvalue weighted by atomic mass is 9.94. The number of methoxy groups -OCH3 is 1. The fourth-order valence-electron chi connectivity index (χ4n) is 2.06. The molecule has 0 aromatic heterocycles. The van der Waals surface area contributed by atoms with Gasteiger partial charge in [-0.05, 0) is 24.3 Å². The van der Waals surface area contributed by atoms with Crippen LogP contribution in [0.5, 0.6) is 5.75 Å². The lowest BCUT2D eigenvalue weighted by Gasteiger charge is -2.29.